The highest BCUT2D eigenvalue weighted by Gasteiger charge is 2.32. The van der Waals surface area contributed by atoms with Crippen molar-refractivity contribution in [3.63, 3.8) is 0 Å². The maximum atomic E-state index is 10.3. The van der Waals surface area contributed by atoms with Gasteiger partial charge in [0.1, 0.15) is 0 Å². The van der Waals surface area contributed by atoms with Gasteiger partial charge in [-0.05, 0) is 30.6 Å². The summed E-state index contributed by atoms with van der Waals surface area (Å²) in [4.78, 5) is 0. The third kappa shape index (κ3) is 8.16. The van der Waals surface area contributed by atoms with Gasteiger partial charge in [0, 0.05) is 0 Å². The maximum absolute atomic E-state index is 10.3. The van der Waals surface area contributed by atoms with E-state index in [4.69, 9.17) is 14.0 Å². The van der Waals surface area contributed by atoms with Crippen LogP contribution in [0, 0.1) is 11.3 Å². The molecule has 1 aliphatic carbocycles. The molecular weight excluding hydrogens is 284 g/mol. The predicted molar refractivity (Wildman–Crippen MR) is 74.9 cm³/mol. The van der Waals surface area contributed by atoms with E-state index in [1.54, 1.807) is 0 Å². The second kappa shape index (κ2) is 7.70. The van der Waals surface area contributed by atoms with E-state index in [1.807, 2.05) is 0 Å². The Kier molecular flexibility index (Phi) is 6.87. The maximum Gasteiger partial charge on any atom is 0.397 e. The topological polar surface area (TPSA) is 82.1 Å². The Balaban J connectivity index is 2.06. The van der Waals surface area contributed by atoms with Gasteiger partial charge in [-0.1, -0.05) is 20.8 Å². The first kappa shape index (κ1) is 17.8. The Bertz CT molecular complexity index is 378. The minimum Gasteiger partial charge on any atom is -0.377 e. The highest BCUT2D eigenvalue weighted by Crippen LogP contribution is 2.39. The summed E-state index contributed by atoms with van der Waals surface area (Å²) in [6.45, 7) is 7.58. The van der Waals surface area contributed by atoms with E-state index in [9.17, 15) is 8.42 Å². The summed E-state index contributed by atoms with van der Waals surface area (Å²) in [5, 5.41) is 0. The van der Waals surface area contributed by atoms with Crippen LogP contribution in [0.1, 0.15) is 40.0 Å². The minimum absolute atomic E-state index is 0.107. The van der Waals surface area contributed by atoms with Crippen molar-refractivity contribution in [3.8, 4) is 0 Å². The standard InChI is InChI=1S/C13H26O6S/c1-11-8-12(10-13(2,3)9-11)18-6-4-17-5-7-19-20(14,15)16/h11-12H,4-10H2,1-3H3,(H,14,15,16)/t11-,12-/m1/s1. The molecule has 0 amide bonds. The van der Waals surface area contributed by atoms with E-state index in [1.165, 1.54) is 6.42 Å². The Labute approximate surface area is 121 Å². The molecule has 1 rings (SSSR count). The largest absolute Gasteiger partial charge is 0.397 e. The normalized spacial score (nSPS) is 26.6. The Hall–Kier alpha value is -0.210. The van der Waals surface area contributed by atoms with Crippen LogP contribution >= 0.6 is 0 Å². The number of rotatable bonds is 8. The molecule has 0 spiro atoms. The second-order valence-corrected chi connectivity index (χ2v) is 7.36. The SMILES string of the molecule is C[C@@H]1C[C@@H](OCCOCCOS(=O)(=O)O)CC(C)(C)C1. The Morgan fingerprint density at radius 1 is 1.15 bits per heavy atom. The number of ether oxygens (including phenoxy) is 2. The predicted octanol–water partition coefficient (Wildman–Crippen LogP) is 2.05. The molecule has 1 saturated carbocycles. The molecule has 0 saturated heterocycles. The fraction of sp³-hybridized carbons (Fsp3) is 1.00. The lowest BCUT2D eigenvalue weighted by molar-refractivity contribution is -0.0465. The van der Waals surface area contributed by atoms with Crippen molar-refractivity contribution in [2.75, 3.05) is 26.4 Å². The Morgan fingerprint density at radius 3 is 2.40 bits per heavy atom. The van der Waals surface area contributed by atoms with E-state index in [2.05, 4.69) is 25.0 Å². The summed E-state index contributed by atoms with van der Waals surface area (Å²) in [6, 6.07) is 0. The average molecular weight is 310 g/mol. The molecule has 0 aromatic carbocycles. The fourth-order valence-corrected chi connectivity index (χ4v) is 3.24. The van der Waals surface area contributed by atoms with E-state index in [0.717, 1.165) is 12.8 Å². The molecule has 0 radical (unpaired) electrons. The van der Waals surface area contributed by atoms with E-state index in [0.29, 0.717) is 24.5 Å². The third-order valence-electron chi connectivity index (χ3n) is 3.39. The lowest BCUT2D eigenvalue weighted by Crippen LogP contribution is -2.33. The zero-order valence-corrected chi connectivity index (χ0v) is 13.3. The summed E-state index contributed by atoms with van der Waals surface area (Å²) >= 11 is 0. The van der Waals surface area contributed by atoms with Crippen LogP contribution in [0.5, 0.6) is 0 Å². The molecular formula is C13H26O6S. The van der Waals surface area contributed by atoms with Gasteiger partial charge in [-0.2, -0.15) is 8.42 Å². The van der Waals surface area contributed by atoms with E-state index in [-0.39, 0.29) is 19.3 Å². The molecule has 2 atom stereocenters. The van der Waals surface area contributed by atoms with Gasteiger partial charge in [0.25, 0.3) is 0 Å². The first-order valence-corrected chi connectivity index (χ1v) is 8.36. The van der Waals surface area contributed by atoms with Gasteiger partial charge < -0.3 is 9.47 Å². The smallest absolute Gasteiger partial charge is 0.377 e. The zero-order chi connectivity index (χ0) is 15.2. The molecule has 120 valence electrons. The number of hydrogen-bond acceptors (Lipinski definition) is 5. The molecule has 1 fully saturated rings. The van der Waals surface area contributed by atoms with Gasteiger partial charge in [0.2, 0.25) is 0 Å². The third-order valence-corrected chi connectivity index (χ3v) is 3.85. The first-order valence-electron chi connectivity index (χ1n) is 6.99. The fourth-order valence-electron chi connectivity index (χ4n) is 2.96. The molecule has 0 aromatic rings. The van der Waals surface area contributed by atoms with Crippen LogP contribution in [0.4, 0.5) is 0 Å². The van der Waals surface area contributed by atoms with Gasteiger partial charge >= 0.3 is 10.4 Å². The average Bonchev–Trinajstić information content (AvgIpc) is 2.23. The molecule has 1 N–H and O–H groups in total. The highest BCUT2D eigenvalue weighted by atomic mass is 32.3. The van der Waals surface area contributed by atoms with E-state index >= 15 is 0 Å². The lowest BCUT2D eigenvalue weighted by Gasteiger charge is -2.38. The summed E-state index contributed by atoms with van der Waals surface area (Å²) in [5.41, 5.74) is 0.326. The van der Waals surface area contributed by atoms with Gasteiger partial charge in [0.15, 0.2) is 0 Å². The van der Waals surface area contributed by atoms with Gasteiger partial charge in [-0.3, -0.25) is 4.55 Å². The van der Waals surface area contributed by atoms with Crippen LogP contribution in [0.2, 0.25) is 0 Å². The lowest BCUT2D eigenvalue weighted by atomic mass is 9.71. The molecule has 6 nitrogen and oxygen atoms in total. The molecule has 20 heavy (non-hydrogen) atoms. The van der Waals surface area contributed by atoms with Crippen LogP contribution in [-0.4, -0.2) is 45.5 Å². The van der Waals surface area contributed by atoms with Crippen molar-refractivity contribution >= 4 is 10.4 Å². The monoisotopic (exact) mass is 310 g/mol. The van der Waals surface area contributed by atoms with Crippen molar-refractivity contribution in [2.24, 2.45) is 11.3 Å². The molecule has 7 heteroatoms. The first-order chi connectivity index (χ1) is 9.18. The van der Waals surface area contributed by atoms with Gasteiger partial charge in [0.05, 0.1) is 32.5 Å². The molecule has 0 aliphatic heterocycles. The summed E-state index contributed by atoms with van der Waals surface area (Å²) < 4.78 is 44.0. The van der Waals surface area contributed by atoms with Crippen molar-refractivity contribution < 1.29 is 26.6 Å². The molecule has 0 bridgehead atoms. The van der Waals surface area contributed by atoms with Crippen LogP contribution in [0.15, 0.2) is 0 Å². The van der Waals surface area contributed by atoms with Crippen LogP contribution < -0.4 is 0 Å². The van der Waals surface area contributed by atoms with Crippen molar-refractivity contribution in [3.05, 3.63) is 0 Å². The van der Waals surface area contributed by atoms with Crippen molar-refractivity contribution in [2.45, 2.75) is 46.1 Å². The highest BCUT2D eigenvalue weighted by molar-refractivity contribution is 7.80. The minimum atomic E-state index is -4.36. The van der Waals surface area contributed by atoms with E-state index < -0.39 is 10.4 Å². The molecule has 0 unspecified atom stereocenters. The quantitative estimate of drug-likeness (QED) is 0.546. The van der Waals surface area contributed by atoms with Crippen LogP contribution in [-0.2, 0) is 24.1 Å². The zero-order valence-electron chi connectivity index (χ0n) is 12.5. The van der Waals surface area contributed by atoms with Crippen molar-refractivity contribution in [1.29, 1.82) is 0 Å². The summed E-state index contributed by atoms with van der Waals surface area (Å²) in [5.74, 6) is 0.674. The summed E-state index contributed by atoms with van der Waals surface area (Å²) in [6.07, 6.45) is 3.64. The van der Waals surface area contributed by atoms with Crippen LogP contribution in [0.3, 0.4) is 0 Å². The van der Waals surface area contributed by atoms with Crippen molar-refractivity contribution in [1.82, 2.24) is 0 Å². The summed E-state index contributed by atoms with van der Waals surface area (Å²) in [7, 11) is -4.36. The number of hydrogen-bond donors (Lipinski definition) is 1. The van der Waals surface area contributed by atoms with Crippen LogP contribution in [0.25, 0.3) is 0 Å². The Morgan fingerprint density at radius 2 is 1.80 bits per heavy atom. The molecule has 1 aliphatic rings. The second-order valence-electron chi connectivity index (χ2n) is 6.27. The molecule has 0 heterocycles. The van der Waals surface area contributed by atoms with Gasteiger partial charge in [-0.15, -0.1) is 0 Å². The molecule has 0 aromatic heterocycles. The van der Waals surface area contributed by atoms with Gasteiger partial charge in [-0.25, -0.2) is 4.18 Å².